The van der Waals surface area contributed by atoms with Gasteiger partial charge < -0.3 is 10.5 Å². The molecule has 1 heterocycles. The predicted molar refractivity (Wildman–Crippen MR) is 66.5 cm³/mol. The summed E-state index contributed by atoms with van der Waals surface area (Å²) >= 11 is 11.9. The first-order chi connectivity index (χ1) is 8.22. The van der Waals surface area contributed by atoms with Crippen molar-refractivity contribution in [2.24, 2.45) is 5.73 Å². The molecule has 0 saturated heterocycles. The molecular formula is C11H9Cl2N3O. The molecule has 1 aromatic carbocycles. The van der Waals surface area contributed by atoms with E-state index in [-0.39, 0.29) is 0 Å². The summed E-state index contributed by atoms with van der Waals surface area (Å²) in [5.41, 5.74) is 6.31. The fourth-order valence-electron chi connectivity index (χ4n) is 1.25. The van der Waals surface area contributed by atoms with Crippen molar-refractivity contribution in [1.29, 1.82) is 0 Å². The first-order valence-corrected chi connectivity index (χ1v) is 5.60. The van der Waals surface area contributed by atoms with Crippen molar-refractivity contribution in [3.8, 4) is 11.6 Å². The number of hydrogen-bond donors (Lipinski definition) is 1. The Morgan fingerprint density at radius 2 is 2.06 bits per heavy atom. The van der Waals surface area contributed by atoms with Crippen LogP contribution in [0.2, 0.25) is 10.0 Å². The van der Waals surface area contributed by atoms with Gasteiger partial charge in [-0.15, -0.1) is 5.10 Å². The number of hydrogen-bond acceptors (Lipinski definition) is 4. The maximum Gasteiger partial charge on any atom is 0.243 e. The average molecular weight is 270 g/mol. The monoisotopic (exact) mass is 269 g/mol. The van der Waals surface area contributed by atoms with Crippen LogP contribution in [-0.4, -0.2) is 10.2 Å². The fraction of sp³-hybridized carbons (Fsp3) is 0.0909. The summed E-state index contributed by atoms with van der Waals surface area (Å²) in [6.45, 7) is 0.309. The van der Waals surface area contributed by atoms with Crippen molar-refractivity contribution < 1.29 is 4.74 Å². The van der Waals surface area contributed by atoms with Gasteiger partial charge in [0.1, 0.15) is 10.8 Å². The lowest BCUT2D eigenvalue weighted by molar-refractivity contribution is 0.448. The van der Waals surface area contributed by atoms with Crippen LogP contribution < -0.4 is 10.5 Å². The zero-order valence-electron chi connectivity index (χ0n) is 8.73. The third kappa shape index (κ3) is 2.66. The van der Waals surface area contributed by atoms with Crippen LogP contribution in [0.3, 0.4) is 0 Å². The minimum absolute atomic E-state index is 0.309. The van der Waals surface area contributed by atoms with Crippen molar-refractivity contribution in [3.63, 3.8) is 0 Å². The van der Waals surface area contributed by atoms with Crippen molar-refractivity contribution in [3.05, 3.63) is 46.1 Å². The van der Waals surface area contributed by atoms with E-state index < -0.39 is 0 Å². The van der Waals surface area contributed by atoms with Crippen molar-refractivity contribution in [2.45, 2.75) is 6.54 Å². The molecule has 2 N–H and O–H groups in total. The van der Waals surface area contributed by atoms with Crippen LogP contribution in [0.25, 0.3) is 0 Å². The molecule has 6 heteroatoms. The van der Waals surface area contributed by atoms with Crippen LogP contribution in [-0.2, 0) is 6.54 Å². The third-order valence-electron chi connectivity index (χ3n) is 2.11. The molecule has 2 aromatic rings. The molecule has 0 fully saturated rings. The quantitative estimate of drug-likeness (QED) is 0.931. The molecule has 0 amide bonds. The van der Waals surface area contributed by atoms with Gasteiger partial charge >= 0.3 is 0 Å². The SMILES string of the molecule is NCc1ccnnc1Oc1cccc(Cl)c1Cl. The molecule has 2 rings (SSSR count). The Kier molecular flexibility index (Phi) is 3.78. The van der Waals surface area contributed by atoms with E-state index in [1.165, 1.54) is 0 Å². The second-order valence-corrected chi connectivity index (χ2v) is 4.00. The van der Waals surface area contributed by atoms with E-state index >= 15 is 0 Å². The molecule has 4 nitrogen and oxygen atoms in total. The average Bonchev–Trinajstić information content (AvgIpc) is 2.35. The minimum Gasteiger partial charge on any atom is -0.436 e. The van der Waals surface area contributed by atoms with Gasteiger partial charge in [0.05, 0.1) is 11.2 Å². The van der Waals surface area contributed by atoms with E-state index in [0.717, 1.165) is 5.56 Å². The van der Waals surface area contributed by atoms with Crippen molar-refractivity contribution in [1.82, 2.24) is 10.2 Å². The molecule has 0 saturated carbocycles. The molecule has 1 aromatic heterocycles. The molecule has 0 aliphatic carbocycles. The second-order valence-electron chi connectivity index (χ2n) is 3.22. The van der Waals surface area contributed by atoms with E-state index in [1.807, 2.05) is 0 Å². The van der Waals surface area contributed by atoms with E-state index in [4.69, 9.17) is 33.7 Å². The van der Waals surface area contributed by atoms with Crippen LogP contribution in [0.1, 0.15) is 5.56 Å². The Hall–Kier alpha value is -1.36. The smallest absolute Gasteiger partial charge is 0.243 e. The summed E-state index contributed by atoms with van der Waals surface area (Å²) in [4.78, 5) is 0. The number of nitrogens with zero attached hydrogens (tertiary/aromatic N) is 2. The molecule has 0 unspecified atom stereocenters. The van der Waals surface area contributed by atoms with Gasteiger partial charge in [0.15, 0.2) is 0 Å². The summed E-state index contributed by atoms with van der Waals surface area (Å²) in [7, 11) is 0. The Bertz CT molecular complexity index is 534. The van der Waals surface area contributed by atoms with Crippen molar-refractivity contribution >= 4 is 23.2 Å². The molecular weight excluding hydrogens is 261 g/mol. The normalized spacial score (nSPS) is 10.3. The van der Waals surface area contributed by atoms with Crippen molar-refractivity contribution in [2.75, 3.05) is 0 Å². The van der Waals surface area contributed by atoms with Gasteiger partial charge in [0, 0.05) is 12.1 Å². The highest BCUT2D eigenvalue weighted by Gasteiger charge is 2.10. The molecule has 0 aliphatic rings. The number of ether oxygens (including phenoxy) is 1. The highest BCUT2D eigenvalue weighted by atomic mass is 35.5. The lowest BCUT2D eigenvalue weighted by atomic mass is 10.3. The molecule has 0 bridgehead atoms. The molecule has 88 valence electrons. The van der Waals surface area contributed by atoms with Gasteiger partial charge in [-0.25, -0.2) is 0 Å². The Balaban J connectivity index is 2.35. The molecule has 0 aliphatic heterocycles. The van der Waals surface area contributed by atoms with E-state index in [9.17, 15) is 0 Å². The number of benzene rings is 1. The maximum absolute atomic E-state index is 6.00. The number of nitrogens with two attached hydrogens (primary N) is 1. The molecule has 0 atom stereocenters. The Labute approximate surface area is 108 Å². The number of halogens is 2. The van der Waals surface area contributed by atoms with Gasteiger partial charge in [-0.3, -0.25) is 0 Å². The van der Waals surface area contributed by atoms with Crippen LogP contribution in [0, 0.1) is 0 Å². The lowest BCUT2D eigenvalue weighted by Crippen LogP contribution is -2.02. The number of aromatic nitrogens is 2. The van der Waals surface area contributed by atoms with E-state index in [1.54, 1.807) is 30.5 Å². The Morgan fingerprint density at radius 1 is 1.24 bits per heavy atom. The van der Waals surface area contributed by atoms with Crippen LogP contribution in [0.15, 0.2) is 30.5 Å². The van der Waals surface area contributed by atoms with Gasteiger partial charge in [-0.05, 0) is 18.2 Å². The largest absolute Gasteiger partial charge is 0.436 e. The van der Waals surface area contributed by atoms with Crippen LogP contribution >= 0.6 is 23.2 Å². The first kappa shape index (κ1) is 12.1. The first-order valence-electron chi connectivity index (χ1n) is 4.85. The fourth-order valence-corrected chi connectivity index (χ4v) is 1.58. The summed E-state index contributed by atoms with van der Waals surface area (Å²) < 4.78 is 5.54. The van der Waals surface area contributed by atoms with Gasteiger partial charge in [-0.2, -0.15) is 5.10 Å². The van der Waals surface area contributed by atoms with Gasteiger partial charge in [0.25, 0.3) is 0 Å². The second kappa shape index (κ2) is 5.31. The molecule has 0 spiro atoms. The Morgan fingerprint density at radius 3 is 2.82 bits per heavy atom. The standard InChI is InChI=1S/C11H9Cl2N3O/c12-8-2-1-3-9(10(8)13)17-11-7(6-14)4-5-15-16-11/h1-5H,6,14H2. The maximum atomic E-state index is 6.00. The van der Waals surface area contributed by atoms with Gasteiger partial charge in [0.2, 0.25) is 5.88 Å². The summed E-state index contributed by atoms with van der Waals surface area (Å²) in [5.74, 6) is 0.758. The predicted octanol–water partition coefficient (Wildman–Crippen LogP) is 3.03. The lowest BCUT2D eigenvalue weighted by Gasteiger charge is -2.09. The van der Waals surface area contributed by atoms with E-state index in [0.29, 0.717) is 28.2 Å². The minimum atomic E-state index is 0.309. The van der Waals surface area contributed by atoms with Gasteiger partial charge in [-0.1, -0.05) is 29.3 Å². The topological polar surface area (TPSA) is 61.0 Å². The summed E-state index contributed by atoms with van der Waals surface area (Å²) in [5, 5.41) is 8.35. The molecule has 0 radical (unpaired) electrons. The summed E-state index contributed by atoms with van der Waals surface area (Å²) in [6.07, 6.45) is 1.55. The number of rotatable bonds is 3. The highest BCUT2D eigenvalue weighted by molar-refractivity contribution is 6.42. The highest BCUT2D eigenvalue weighted by Crippen LogP contribution is 2.34. The van der Waals surface area contributed by atoms with E-state index in [2.05, 4.69) is 10.2 Å². The van der Waals surface area contributed by atoms with Crippen LogP contribution in [0.4, 0.5) is 0 Å². The molecule has 17 heavy (non-hydrogen) atoms. The van der Waals surface area contributed by atoms with Crippen LogP contribution in [0.5, 0.6) is 11.6 Å². The zero-order valence-corrected chi connectivity index (χ0v) is 10.2. The zero-order chi connectivity index (χ0) is 12.3. The third-order valence-corrected chi connectivity index (χ3v) is 2.91. The summed E-state index contributed by atoms with van der Waals surface area (Å²) in [6, 6.07) is 6.85.